The quantitative estimate of drug-likeness (QED) is 0.739. The topological polar surface area (TPSA) is 43.1 Å². The minimum Gasteiger partial charge on any atom is -0.321 e. The van der Waals surface area contributed by atoms with Crippen LogP contribution in [0.5, 0.6) is 0 Å². The molecule has 1 unspecified atom stereocenters. The number of halogens is 1. The number of carbonyl (C=O) groups excluding carboxylic acids is 1. The molecule has 68 valence electrons. The average molecular weight is 287 g/mol. The van der Waals surface area contributed by atoms with Crippen molar-refractivity contribution in [1.82, 2.24) is 0 Å². The van der Waals surface area contributed by atoms with E-state index in [1.54, 1.807) is 0 Å². The van der Waals surface area contributed by atoms with Gasteiger partial charge in [0, 0.05) is 9.13 Å². The molecule has 0 bridgehead atoms. The van der Waals surface area contributed by atoms with Gasteiger partial charge in [0.15, 0.2) is 5.78 Å². The summed E-state index contributed by atoms with van der Waals surface area (Å²) in [6.45, 7) is 0. The predicted molar refractivity (Wildman–Crippen MR) is 59.8 cm³/mol. The fourth-order valence-corrected chi connectivity index (χ4v) is 2.21. The molecular formula is C10H10INO. The summed E-state index contributed by atoms with van der Waals surface area (Å²) in [4.78, 5) is 11.6. The average Bonchev–Trinajstić information content (AvgIpc) is 2.12. The molecule has 1 atom stereocenters. The van der Waals surface area contributed by atoms with Gasteiger partial charge >= 0.3 is 0 Å². The largest absolute Gasteiger partial charge is 0.321 e. The van der Waals surface area contributed by atoms with Crippen LogP contribution in [0.1, 0.15) is 22.3 Å². The molecule has 2 nitrogen and oxygen atoms in total. The van der Waals surface area contributed by atoms with Gasteiger partial charge in [-0.2, -0.15) is 0 Å². The second-order valence-corrected chi connectivity index (χ2v) is 4.56. The molecule has 1 aromatic carbocycles. The first kappa shape index (κ1) is 9.15. The molecule has 0 aromatic heterocycles. The molecule has 0 fully saturated rings. The maximum atomic E-state index is 11.6. The lowest BCUT2D eigenvalue weighted by atomic mass is 9.88. The Bertz CT molecular complexity index is 362. The number of ketones is 1. The van der Waals surface area contributed by atoms with Crippen LogP contribution in [-0.4, -0.2) is 11.8 Å². The lowest BCUT2D eigenvalue weighted by Gasteiger charge is -2.19. The van der Waals surface area contributed by atoms with Crippen LogP contribution >= 0.6 is 22.6 Å². The SMILES string of the molecule is NC1CCc2cc(I)ccc2C1=O. The van der Waals surface area contributed by atoms with E-state index in [0.717, 1.165) is 24.0 Å². The highest BCUT2D eigenvalue weighted by Gasteiger charge is 2.23. The van der Waals surface area contributed by atoms with Crippen LogP contribution in [0.15, 0.2) is 18.2 Å². The summed E-state index contributed by atoms with van der Waals surface area (Å²) >= 11 is 2.26. The first-order chi connectivity index (χ1) is 6.18. The first-order valence-corrected chi connectivity index (χ1v) is 5.34. The van der Waals surface area contributed by atoms with Crippen molar-refractivity contribution in [3.8, 4) is 0 Å². The maximum Gasteiger partial charge on any atom is 0.179 e. The van der Waals surface area contributed by atoms with Crippen LogP contribution in [0.2, 0.25) is 0 Å². The second-order valence-electron chi connectivity index (χ2n) is 3.31. The Morgan fingerprint density at radius 3 is 3.00 bits per heavy atom. The summed E-state index contributed by atoms with van der Waals surface area (Å²) in [5, 5.41) is 0. The van der Waals surface area contributed by atoms with E-state index in [2.05, 4.69) is 28.7 Å². The molecule has 0 saturated carbocycles. The van der Waals surface area contributed by atoms with Crippen LogP contribution in [0.4, 0.5) is 0 Å². The van der Waals surface area contributed by atoms with E-state index in [4.69, 9.17) is 5.73 Å². The van der Waals surface area contributed by atoms with E-state index in [-0.39, 0.29) is 11.8 Å². The third-order valence-corrected chi connectivity index (χ3v) is 3.07. The summed E-state index contributed by atoms with van der Waals surface area (Å²) in [5.74, 6) is 0.0950. The number of hydrogen-bond donors (Lipinski definition) is 1. The smallest absolute Gasteiger partial charge is 0.179 e. The highest BCUT2D eigenvalue weighted by molar-refractivity contribution is 14.1. The van der Waals surface area contributed by atoms with E-state index >= 15 is 0 Å². The summed E-state index contributed by atoms with van der Waals surface area (Å²) in [6.07, 6.45) is 1.71. The predicted octanol–water partition coefficient (Wildman–Crippen LogP) is 1.75. The monoisotopic (exact) mass is 287 g/mol. The first-order valence-electron chi connectivity index (χ1n) is 4.26. The molecule has 0 spiro atoms. The molecule has 0 radical (unpaired) electrons. The molecule has 1 aromatic rings. The van der Waals surface area contributed by atoms with Crippen molar-refractivity contribution in [3.63, 3.8) is 0 Å². The summed E-state index contributed by atoms with van der Waals surface area (Å²) in [6, 6.07) is 5.63. The minimum atomic E-state index is -0.285. The minimum absolute atomic E-state index is 0.0950. The number of fused-ring (bicyclic) bond motifs is 1. The van der Waals surface area contributed by atoms with E-state index in [0.29, 0.717) is 0 Å². The molecule has 2 N–H and O–H groups in total. The van der Waals surface area contributed by atoms with Gasteiger partial charge in [0.1, 0.15) is 0 Å². The van der Waals surface area contributed by atoms with Crippen molar-refractivity contribution in [2.45, 2.75) is 18.9 Å². The number of hydrogen-bond acceptors (Lipinski definition) is 2. The van der Waals surface area contributed by atoms with E-state index in [1.165, 1.54) is 3.57 Å². The zero-order valence-electron chi connectivity index (χ0n) is 7.09. The second kappa shape index (κ2) is 3.38. The lowest BCUT2D eigenvalue weighted by molar-refractivity contribution is 0.0948. The highest BCUT2D eigenvalue weighted by atomic mass is 127. The van der Waals surface area contributed by atoms with Crippen LogP contribution in [0.3, 0.4) is 0 Å². The summed E-state index contributed by atoms with van der Waals surface area (Å²) < 4.78 is 1.18. The van der Waals surface area contributed by atoms with Crippen molar-refractivity contribution >= 4 is 28.4 Å². The normalized spacial score (nSPS) is 21.4. The molecule has 1 aliphatic carbocycles. The van der Waals surface area contributed by atoms with E-state index in [9.17, 15) is 4.79 Å². The fourth-order valence-electron chi connectivity index (χ4n) is 1.65. The van der Waals surface area contributed by atoms with Crippen LogP contribution < -0.4 is 5.73 Å². The van der Waals surface area contributed by atoms with Gasteiger partial charge in [0.25, 0.3) is 0 Å². The Kier molecular flexibility index (Phi) is 2.38. The molecular weight excluding hydrogens is 277 g/mol. The molecule has 2 rings (SSSR count). The van der Waals surface area contributed by atoms with Crippen molar-refractivity contribution in [1.29, 1.82) is 0 Å². The third kappa shape index (κ3) is 1.62. The number of benzene rings is 1. The third-order valence-electron chi connectivity index (χ3n) is 2.39. The van der Waals surface area contributed by atoms with Gasteiger partial charge in [-0.1, -0.05) is 6.07 Å². The van der Waals surface area contributed by atoms with Crippen LogP contribution in [-0.2, 0) is 6.42 Å². The lowest BCUT2D eigenvalue weighted by Crippen LogP contribution is -2.35. The molecule has 3 heteroatoms. The molecule has 0 amide bonds. The van der Waals surface area contributed by atoms with Gasteiger partial charge in [-0.05, 0) is 53.1 Å². The zero-order chi connectivity index (χ0) is 9.42. The van der Waals surface area contributed by atoms with Gasteiger partial charge in [-0.3, -0.25) is 4.79 Å². The summed E-state index contributed by atoms with van der Waals surface area (Å²) in [5.41, 5.74) is 7.65. The van der Waals surface area contributed by atoms with Gasteiger partial charge in [-0.15, -0.1) is 0 Å². The van der Waals surface area contributed by atoms with Gasteiger partial charge < -0.3 is 5.73 Å². The number of Topliss-reactive ketones (excluding diaryl/α,β-unsaturated/α-hetero) is 1. The zero-order valence-corrected chi connectivity index (χ0v) is 9.24. The van der Waals surface area contributed by atoms with Crippen LogP contribution in [0, 0.1) is 3.57 Å². The fraction of sp³-hybridized carbons (Fsp3) is 0.300. The van der Waals surface area contributed by atoms with E-state index < -0.39 is 0 Å². The number of carbonyl (C=O) groups is 1. The van der Waals surface area contributed by atoms with Crippen molar-refractivity contribution in [2.75, 3.05) is 0 Å². The molecule has 0 aliphatic heterocycles. The maximum absolute atomic E-state index is 11.6. The molecule has 1 aliphatic rings. The van der Waals surface area contributed by atoms with E-state index in [1.807, 2.05) is 12.1 Å². The number of aryl methyl sites for hydroxylation is 1. The van der Waals surface area contributed by atoms with Gasteiger partial charge in [0.05, 0.1) is 6.04 Å². The molecule has 0 saturated heterocycles. The van der Waals surface area contributed by atoms with Crippen LogP contribution in [0.25, 0.3) is 0 Å². The number of rotatable bonds is 0. The Morgan fingerprint density at radius 1 is 1.46 bits per heavy atom. The van der Waals surface area contributed by atoms with Crippen molar-refractivity contribution in [2.24, 2.45) is 5.73 Å². The summed E-state index contributed by atoms with van der Waals surface area (Å²) in [7, 11) is 0. The molecule has 0 heterocycles. The Morgan fingerprint density at radius 2 is 2.23 bits per heavy atom. The number of nitrogens with two attached hydrogens (primary N) is 1. The standard InChI is InChI=1S/C10H10INO/c11-7-2-3-8-6(5-7)1-4-9(12)10(8)13/h2-3,5,9H,1,4,12H2. The van der Waals surface area contributed by atoms with Gasteiger partial charge in [-0.25, -0.2) is 0 Å². The van der Waals surface area contributed by atoms with Gasteiger partial charge in [0.2, 0.25) is 0 Å². The molecule has 13 heavy (non-hydrogen) atoms. The van der Waals surface area contributed by atoms with Crippen molar-refractivity contribution in [3.05, 3.63) is 32.9 Å². The Hall–Kier alpha value is -0.420. The Balaban J connectivity index is 2.50. The van der Waals surface area contributed by atoms with Crippen molar-refractivity contribution < 1.29 is 4.79 Å². The highest BCUT2D eigenvalue weighted by Crippen LogP contribution is 2.22. The Labute approximate surface area is 90.6 Å².